The number of hydrogen-bond donors (Lipinski definition) is 3. The molecule has 3 N–H and O–H groups in total. The first-order valence-electron chi connectivity index (χ1n) is 6.70. The molecule has 1 aliphatic rings. The Kier molecular flexibility index (Phi) is 4.02. The van der Waals surface area contributed by atoms with Crippen LogP contribution in [0.25, 0.3) is 5.70 Å². The van der Waals surface area contributed by atoms with E-state index in [1.807, 2.05) is 24.3 Å². The lowest BCUT2D eigenvalue weighted by Gasteiger charge is -2.14. The van der Waals surface area contributed by atoms with E-state index in [0.29, 0.717) is 0 Å². The summed E-state index contributed by atoms with van der Waals surface area (Å²) in [5.74, 6) is -1.33. The highest BCUT2D eigenvalue weighted by Crippen LogP contribution is 2.24. The number of halogens is 2. The first-order chi connectivity index (χ1) is 10.6. The quantitative estimate of drug-likeness (QED) is 0.599. The number of nitrogens with one attached hydrogen (secondary N) is 3. The van der Waals surface area contributed by atoms with Crippen LogP contribution in [-0.2, 0) is 6.42 Å². The monoisotopic (exact) mass is 317 g/mol. The molecule has 2 aromatic carbocycles. The molecule has 0 radical (unpaired) electrons. The second-order valence-electron chi connectivity index (χ2n) is 4.81. The maximum atomic E-state index is 13.5. The maximum absolute atomic E-state index is 13.5. The summed E-state index contributed by atoms with van der Waals surface area (Å²) in [6, 6.07) is 11.3. The Morgan fingerprint density at radius 3 is 2.73 bits per heavy atom. The minimum absolute atomic E-state index is 0.113. The molecular formula is C16H13F2N3S. The Hall–Kier alpha value is -2.47. The van der Waals surface area contributed by atoms with Crippen molar-refractivity contribution in [3.8, 4) is 0 Å². The summed E-state index contributed by atoms with van der Waals surface area (Å²) in [5.41, 5.74) is 9.16. The van der Waals surface area contributed by atoms with Crippen molar-refractivity contribution in [1.82, 2.24) is 10.9 Å². The van der Waals surface area contributed by atoms with Crippen molar-refractivity contribution in [3.05, 3.63) is 71.3 Å². The predicted octanol–water partition coefficient (Wildman–Crippen LogP) is 3.35. The van der Waals surface area contributed by atoms with E-state index in [0.717, 1.165) is 29.8 Å². The van der Waals surface area contributed by atoms with E-state index >= 15 is 0 Å². The summed E-state index contributed by atoms with van der Waals surface area (Å²) in [6.07, 6.45) is 2.89. The van der Waals surface area contributed by atoms with Crippen LogP contribution in [0.1, 0.15) is 11.1 Å². The van der Waals surface area contributed by atoms with Gasteiger partial charge in [0, 0.05) is 11.6 Å². The summed E-state index contributed by atoms with van der Waals surface area (Å²) < 4.78 is 26.4. The van der Waals surface area contributed by atoms with Crippen LogP contribution in [0.15, 0.2) is 48.5 Å². The SMILES string of the molecule is Fc1ccc(NC(=S)NNC2=CCc3ccccc32)c(F)c1. The summed E-state index contributed by atoms with van der Waals surface area (Å²) in [7, 11) is 0. The molecule has 0 saturated carbocycles. The lowest BCUT2D eigenvalue weighted by atomic mass is 10.1. The first kappa shape index (κ1) is 14.5. The van der Waals surface area contributed by atoms with Gasteiger partial charge in [-0.1, -0.05) is 30.3 Å². The lowest BCUT2D eigenvalue weighted by molar-refractivity contribution is 0.586. The van der Waals surface area contributed by atoms with E-state index in [-0.39, 0.29) is 10.8 Å². The van der Waals surface area contributed by atoms with Gasteiger partial charge in [-0.15, -0.1) is 0 Å². The van der Waals surface area contributed by atoms with Crippen LogP contribution in [-0.4, -0.2) is 5.11 Å². The van der Waals surface area contributed by atoms with Gasteiger partial charge < -0.3 is 5.32 Å². The fourth-order valence-electron chi connectivity index (χ4n) is 2.27. The van der Waals surface area contributed by atoms with Gasteiger partial charge in [-0.3, -0.25) is 10.9 Å². The molecule has 0 heterocycles. The van der Waals surface area contributed by atoms with E-state index in [4.69, 9.17) is 12.2 Å². The summed E-state index contributed by atoms with van der Waals surface area (Å²) in [6.45, 7) is 0. The van der Waals surface area contributed by atoms with Gasteiger partial charge in [-0.25, -0.2) is 8.78 Å². The van der Waals surface area contributed by atoms with Gasteiger partial charge in [0.25, 0.3) is 0 Å². The molecule has 2 aromatic rings. The van der Waals surface area contributed by atoms with Crippen LogP contribution >= 0.6 is 12.2 Å². The van der Waals surface area contributed by atoms with Gasteiger partial charge in [0.1, 0.15) is 11.6 Å². The Bertz CT molecular complexity index is 759. The van der Waals surface area contributed by atoms with Gasteiger partial charge in [0.15, 0.2) is 5.11 Å². The Balaban J connectivity index is 1.60. The molecule has 0 unspecified atom stereocenters. The molecule has 0 atom stereocenters. The fraction of sp³-hybridized carbons (Fsp3) is 0.0625. The Morgan fingerprint density at radius 1 is 1.09 bits per heavy atom. The van der Waals surface area contributed by atoms with Crippen LogP contribution in [0.5, 0.6) is 0 Å². The maximum Gasteiger partial charge on any atom is 0.189 e. The number of benzene rings is 2. The van der Waals surface area contributed by atoms with E-state index in [1.54, 1.807) is 0 Å². The molecule has 3 rings (SSSR count). The van der Waals surface area contributed by atoms with Crippen LogP contribution in [0.2, 0.25) is 0 Å². The molecule has 22 heavy (non-hydrogen) atoms. The highest BCUT2D eigenvalue weighted by Gasteiger charge is 2.13. The lowest BCUT2D eigenvalue weighted by Crippen LogP contribution is -2.39. The molecule has 3 nitrogen and oxygen atoms in total. The molecule has 0 aliphatic heterocycles. The summed E-state index contributed by atoms with van der Waals surface area (Å²) >= 11 is 5.09. The Morgan fingerprint density at radius 2 is 1.91 bits per heavy atom. The number of anilines is 1. The number of rotatable bonds is 3. The van der Waals surface area contributed by atoms with Crippen LogP contribution in [0.4, 0.5) is 14.5 Å². The zero-order valence-corrected chi connectivity index (χ0v) is 12.3. The van der Waals surface area contributed by atoms with Crippen molar-refractivity contribution in [2.24, 2.45) is 0 Å². The number of thiocarbonyl (C=S) groups is 1. The van der Waals surface area contributed by atoms with Gasteiger partial charge in [0.05, 0.1) is 11.4 Å². The standard InChI is InChI=1S/C16H13F2N3S/c17-11-6-8-15(13(18)9-11)19-16(22)21-20-14-7-5-10-3-1-2-4-12(10)14/h1-4,6-9,20H,5H2,(H2,19,21,22). The largest absolute Gasteiger partial charge is 0.329 e. The minimum Gasteiger partial charge on any atom is -0.329 e. The van der Waals surface area contributed by atoms with Crippen molar-refractivity contribution in [3.63, 3.8) is 0 Å². The highest BCUT2D eigenvalue weighted by molar-refractivity contribution is 7.80. The molecule has 0 amide bonds. The minimum atomic E-state index is -0.699. The average molecular weight is 317 g/mol. The molecule has 0 saturated heterocycles. The summed E-state index contributed by atoms with van der Waals surface area (Å²) in [4.78, 5) is 0. The third kappa shape index (κ3) is 3.07. The number of fused-ring (bicyclic) bond motifs is 1. The topological polar surface area (TPSA) is 36.1 Å². The number of hydrogen-bond acceptors (Lipinski definition) is 2. The molecule has 1 aliphatic carbocycles. The van der Waals surface area contributed by atoms with Crippen molar-refractivity contribution >= 4 is 28.7 Å². The van der Waals surface area contributed by atoms with Gasteiger partial charge >= 0.3 is 0 Å². The number of hydrazine groups is 1. The second kappa shape index (κ2) is 6.11. The molecule has 112 valence electrons. The predicted molar refractivity (Wildman–Crippen MR) is 87.0 cm³/mol. The second-order valence-corrected chi connectivity index (χ2v) is 5.22. The number of allylic oxidation sites excluding steroid dienone is 1. The van der Waals surface area contributed by atoms with Crippen LogP contribution in [0.3, 0.4) is 0 Å². The van der Waals surface area contributed by atoms with Gasteiger partial charge in [-0.2, -0.15) is 0 Å². The average Bonchev–Trinajstić information content (AvgIpc) is 2.91. The molecular weight excluding hydrogens is 304 g/mol. The van der Waals surface area contributed by atoms with E-state index in [2.05, 4.69) is 22.2 Å². The first-order valence-corrected chi connectivity index (χ1v) is 7.11. The van der Waals surface area contributed by atoms with E-state index in [1.165, 1.54) is 11.6 Å². The highest BCUT2D eigenvalue weighted by atomic mass is 32.1. The Labute approximate surface area is 132 Å². The van der Waals surface area contributed by atoms with Gasteiger partial charge in [0.2, 0.25) is 0 Å². The van der Waals surface area contributed by atoms with Crippen LogP contribution in [0, 0.1) is 11.6 Å². The van der Waals surface area contributed by atoms with E-state index < -0.39 is 11.6 Å². The molecule has 0 fully saturated rings. The van der Waals surface area contributed by atoms with Crippen molar-refractivity contribution in [2.45, 2.75) is 6.42 Å². The molecule has 0 aromatic heterocycles. The third-order valence-corrected chi connectivity index (χ3v) is 3.53. The zero-order chi connectivity index (χ0) is 15.5. The fourth-order valence-corrected chi connectivity index (χ4v) is 2.43. The smallest absolute Gasteiger partial charge is 0.189 e. The molecule has 6 heteroatoms. The van der Waals surface area contributed by atoms with Crippen LogP contribution < -0.4 is 16.2 Å². The van der Waals surface area contributed by atoms with Crippen molar-refractivity contribution in [1.29, 1.82) is 0 Å². The normalized spacial score (nSPS) is 12.4. The molecule has 0 spiro atoms. The van der Waals surface area contributed by atoms with Gasteiger partial charge in [-0.05, 0) is 36.3 Å². The van der Waals surface area contributed by atoms with Crippen molar-refractivity contribution < 1.29 is 8.78 Å². The summed E-state index contributed by atoms with van der Waals surface area (Å²) in [5, 5.41) is 2.86. The third-order valence-electron chi connectivity index (χ3n) is 3.32. The molecule has 0 bridgehead atoms. The van der Waals surface area contributed by atoms with E-state index in [9.17, 15) is 8.78 Å². The van der Waals surface area contributed by atoms with Crippen molar-refractivity contribution in [2.75, 3.05) is 5.32 Å². The zero-order valence-electron chi connectivity index (χ0n) is 11.5.